The third-order valence-electron chi connectivity index (χ3n) is 3.36. The van der Waals surface area contributed by atoms with Crippen LogP contribution in [0.15, 0.2) is 51.8 Å². The zero-order valence-corrected chi connectivity index (χ0v) is 15.7. The first-order chi connectivity index (χ1) is 11.5. The molecule has 0 bridgehead atoms. The van der Waals surface area contributed by atoms with Crippen LogP contribution in [-0.4, -0.2) is 17.3 Å². The number of halogens is 2. The van der Waals surface area contributed by atoms with Crippen molar-refractivity contribution < 1.29 is 13.9 Å². The van der Waals surface area contributed by atoms with Crippen molar-refractivity contribution in [3.8, 4) is 5.75 Å². The fraction of sp³-hybridized carbons (Fsp3) is 0.0588. The summed E-state index contributed by atoms with van der Waals surface area (Å²) in [6.07, 6.45) is 1.51. The van der Waals surface area contributed by atoms with Crippen LogP contribution in [0.25, 0.3) is 6.08 Å². The molecule has 0 N–H and O–H groups in total. The molecule has 1 saturated heterocycles. The van der Waals surface area contributed by atoms with E-state index in [1.165, 1.54) is 24.2 Å². The van der Waals surface area contributed by atoms with Crippen LogP contribution in [-0.2, 0) is 4.79 Å². The van der Waals surface area contributed by atoms with Crippen LogP contribution in [0.3, 0.4) is 0 Å². The zero-order valence-electron chi connectivity index (χ0n) is 12.5. The molecule has 0 atom stereocenters. The van der Waals surface area contributed by atoms with E-state index in [4.69, 9.17) is 17.0 Å². The highest BCUT2D eigenvalue weighted by Gasteiger charge is 2.34. The quantitative estimate of drug-likeness (QED) is 0.512. The van der Waals surface area contributed by atoms with Gasteiger partial charge in [-0.2, -0.15) is 0 Å². The standard InChI is InChI=1S/C17H11BrFNO2S2/c1-22-14-5-3-2-4-13(14)20-16(21)15(24-17(20)23)9-10-8-11(18)6-7-12(10)19/h2-9H,1H3/b15-9+. The number of ether oxygens (including phenoxy) is 1. The summed E-state index contributed by atoms with van der Waals surface area (Å²) in [7, 11) is 1.53. The Bertz CT molecular complexity index is 869. The number of anilines is 1. The van der Waals surface area contributed by atoms with Gasteiger partial charge in [0.1, 0.15) is 11.6 Å². The van der Waals surface area contributed by atoms with Gasteiger partial charge in [0.05, 0.1) is 17.7 Å². The Kier molecular flexibility index (Phi) is 5.03. The minimum atomic E-state index is -0.402. The van der Waals surface area contributed by atoms with Crippen molar-refractivity contribution in [2.24, 2.45) is 0 Å². The lowest BCUT2D eigenvalue weighted by Crippen LogP contribution is -2.27. The highest BCUT2D eigenvalue weighted by Crippen LogP contribution is 2.39. The van der Waals surface area contributed by atoms with Crippen LogP contribution in [0.2, 0.25) is 0 Å². The molecule has 0 aliphatic carbocycles. The van der Waals surface area contributed by atoms with Crippen molar-refractivity contribution in [2.45, 2.75) is 0 Å². The molecule has 1 aliphatic heterocycles. The van der Waals surface area contributed by atoms with Gasteiger partial charge < -0.3 is 4.74 Å². The molecule has 1 fully saturated rings. The number of para-hydroxylation sites is 2. The van der Waals surface area contributed by atoms with Gasteiger partial charge in [-0.05, 0) is 36.4 Å². The minimum Gasteiger partial charge on any atom is -0.495 e. The Morgan fingerprint density at radius 3 is 2.79 bits per heavy atom. The SMILES string of the molecule is COc1ccccc1N1C(=O)/C(=C\c2cc(Br)ccc2F)SC1=S. The minimum absolute atomic E-state index is 0.297. The summed E-state index contributed by atoms with van der Waals surface area (Å²) in [6, 6.07) is 11.7. The van der Waals surface area contributed by atoms with Gasteiger partial charge in [0.25, 0.3) is 5.91 Å². The lowest BCUT2D eigenvalue weighted by molar-refractivity contribution is -0.113. The third-order valence-corrected chi connectivity index (χ3v) is 5.16. The fourth-order valence-corrected chi connectivity index (χ4v) is 3.91. The summed E-state index contributed by atoms with van der Waals surface area (Å²) in [4.78, 5) is 14.5. The summed E-state index contributed by atoms with van der Waals surface area (Å²) >= 11 is 9.76. The summed E-state index contributed by atoms with van der Waals surface area (Å²) in [5.41, 5.74) is 0.894. The molecule has 122 valence electrons. The maximum atomic E-state index is 13.9. The average molecular weight is 424 g/mol. The number of benzene rings is 2. The molecule has 0 aromatic heterocycles. The van der Waals surface area contributed by atoms with Crippen LogP contribution in [0.4, 0.5) is 10.1 Å². The molecule has 2 aromatic rings. The van der Waals surface area contributed by atoms with E-state index in [1.807, 2.05) is 6.07 Å². The molecule has 3 nitrogen and oxygen atoms in total. The highest BCUT2D eigenvalue weighted by molar-refractivity contribution is 9.10. The van der Waals surface area contributed by atoms with Crippen molar-refractivity contribution >= 4 is 61.9 Å². The fourth-order valence-electron chi connectivity index (χ4n) is 2.26. The van der Waals surface area contributed by atoms with Crippen molar-refractivity contribution in [3.63, 3.8) is 0 Å². The monoisotopic (exact) mass is 423 g/mol. The molecule has 1 heterocycles. The third kappa shape index (κ3) is 3.24. The molecule has 7 heteroatoms. The molecule has 0 spiro atoms. The maximum Gasteiger partial charge on any atom is 0.270 e. The lowest BCUT2D eigenvalue weighted by atomic mass is 10.2. The van der Waals surface area contributed by atoms with Crippen LogP contribution >= 0.6 is 39.9 Å². The number of amides is 1. The van der Waals surface area contributed by atoms with E-state index in [-0.39, 0.29) is 5.91 Å². The average Bonchev–Trinajstić information content (AvgIpc) is 2.84. The molecule has 2 aromatic carbocycles. The smallest absolute Gasteiger partial charge is 0.270 e. The number of carbonyl (C=O) groups excluding carboxylic acids is 1. The van der Waals surface area contributed by atoms with Gasteiger partial charge in [0.15, 0.2) is 4.32 Å². The molecule has 24 heavy (non-hydrogen) atoms. The van der Waals surface area contributed by atoms with Crippen LogP contribution < -0.4 is 9.64 Å². The van der Waals surface area contributed by atoms with Crippen LogP contribution in [0, 0.1) is 5.82 Å². The van der Waals surface area contributed by atoms with Gasteiger partial charge in [-0.15, -0.1) is 0 Å². The number of thioether (sulfide) groups is 1. The number of thiocarbonyl (C=S) groups is 1. The predicted octanol–water partition coefficient (Wildman–Crippen LogP) is 5.00. The Labute approximate surface area is 156 Å². The summed E-state index contributed by atoms with van der Waals surface area (Å²) in [5, 5.41) is 0. The van der Waals surface area contributed by atoms with Crippen molar-refractivity contribution in [1.82, 2.24) is 0 Å². The number of hydrogen-bond acceptors (Lipinski definition) is 4. The largest absolute Gasteiger partial charge is 0.495 e. The normalized spacial score (nSPS) is 16.1. The number of hydrogen-bond donors (Lipinski definition) is 0. The van der Waals surface area contributed by atoms with Gasteiger partial charge in [0, 0.05) is 10.0 Å². The van der Waals surface area contributed by atoms with Crippen molar-refractivity contribution in [1.29, 1.82) is 0 Å². The summed E-state index contributed by atoms with van der Waals surface area (Å²) in [6.45, 7) is 0. The predicted molar refractivity (Wildman–Crippen MR) is 103 cm³/mol. The molecule has 0 radical (unpaired) electrons. The van der Waals surface area contributed by atoms with E-state index < -0.39 is 5.82 Å². The van der Waals surface area contributed by atoms with Crippen LogP contribution in [0.1, 0.15) is 5.56 Å². The second kappa shape index (κ2) is 7.04. The van der Waals surface area contributed by atoms with E-state index in [2.05, 4.69) is 15.9 Å². The van der Waals surface area contributed by atoms with E-state index in [0.29, 0.717) is 26.2 Å². The van der Waals surface area contributed by atoms with Crippen molar-refractivity contribution in [2.75, 3.05) is 12.0 Å². The van der Waals surface area contributed by atoms with Gasteiger partial charge in [-0.1, -0.05) is 52.0 Å². The number of nitrogens with zero attached hydrogens (tertiary/aromatic N) is 1. The number of rotatable bonds is 3. The molecule has 0 unspecified atom stereocenters. The summed E-state index contributed by atoms with van der Waals surface area (Å²) < 4.78 is 20.3. The number of carbonyl (C=O) groups is 1. The number of methoxy groups -OCH3 is 1. The van der Waals surface area contributed by atoms with Gasteiger partial charge >= 0.3 is 0 Å². The Morgan fingerprint density at radius 1 is 1.29 bits per heavy atom. The van der Waals surface area contributed by atoms with E-state index >= 15 is 0 Å². The molecular weight excluding hydrogens is 413 g/mol. The van der Waals surface area contributed by atoms with E-state index in [0.717, 1.165) is 16.2 Å². The molecule has 3 rings (SSSR count). The highest BCUT2D eigenvalue weighted by atomic mass is 79.9. The van der Waals surface area contributed by atoms with Gasteiger partial charge in [0.2, 0.25) is 0 Å². The zero-order chi connectivity index (χ0) is 17.3. The van der Waals surface area contributed by atoms with Crippen LogP contribution in [0.5, 0.6) is 5.75 Å². The van der Waals surface area contributed by atoms with Crippen molar-refractivity contribution in [3.05, 3.63) is 63.2 Å². The first-order valence-electron chi connectivity index (χ1n) is 6.87. The summed E-state index contributed by atoms with van der Waals surface area (Å²) in [5.74, 6) is -0.154. The molecule has 0 saturated carbocycles. The maximum absolute atomic E-state index is 13.9. The Hall–Kier alpha value is -1.70. The first kappa shape index (κ1) is 17.1. The second-order valence-corrected chi connectivity index (χ2v) is 7.45. The van der Waals surface area contributed by atoms with E-state index in [1.54, 1.807) is 30.3 Å². The van der Waals surface area contributed by atoms with Gasteiger partial charge in [-0.25, -0.2) is 4.39 Å². The second-order valence-electron chi connectivity index (χ2n) is 4.85. The first-order valence-corrected chi connectivity index (χ1v) is 8.89. The molecule has 1 amide bonds. The lowest BCUT2D eigenvalue weighted by Gasteiger charge is -2.17. The molecule has 1 aliphatic rings. The molecular formula is C17H11BrFNO2S2. The van der Waals surface area contributed by atoms with Gasteiger partial charge in [-0.3, -0.25) is 9.69 Å². The Morgan fingerprint density at radius 2 is 2.04 bits per heavy atom. The Balaban J connectivity index is 2.00. The topological polar surface area (TPSA) is 29.5 Å². The van der Waals surface area contributed by atoms with E-state index in [9.17, 15) is 9.18 Å².